The van der Waals surface area contributed by atoms with Gasteiger partial charge in [-0.1, -0.05) is 26.7 Å². The van der Waals surface area contributed by atoms with E-state index < -0.39 is 0 Å². The van der Waals surface area contributed by atoms with Gasteiger partial charge >= 0.3 is 0 Å². The van der Waals surface area contributed by atoms with Crippen molar-refractivity contribution in [3.63, 3.8) is 0 Å². The molecule has 0 unspecified atom stereocenters. The second-order valence-corrected chi connectivity index (χ2v) is 6.79. The highest BCUT2D eigenvalue weighted by molar-refractivity contribution is 4.95. The van der Waals surface area contributed by atoms with Gasteiger partial charge in [0, 0.05) is 19.1 Å². The molecule has 17 heavy (non-hydrogen) atoms. The van der Waals surface area contributed by atoms with Crippen LogP contribution < -0.4 is 0 Å². The van der Waals surface area contributed by atoms with E-state index in [2.05, 4.69) is 13.8 Å². The largest absolute Gasteiger partial charge is 0.396 e. The predicted octanol–water partition coefficient (Wildman–Crippen LogP) is 2.83. The fourth-order valence-corrected chi connectivity index (χ4v) is 4.47. The zero-order chi connectivity index (χ0) is 12.5. The topological polar surface area (TPSA) is 40.5 Å². The van der Waals surface area contributed by atoms with E-state index in [0.29, 0.717) is 11.3 Å². The molecular formula is C15H28O2. The lowest BCUT2D eigenvalue weighted by Crippen LogP contribution is -2.43. The first-order valence-electron chi connectivity index (χ1n) is 7.32. The Kier molecular flexibility index (Phi) is 4.14. The van der Waals surface area contributed by atoms with Crippen LogP contribution in [0.5, 0.6) is 0 Å². The highest BCUT2D eigenvalue weighted by Gasteiger charge is 2.45. The smallest absolute Gasteiger partial charge is 0.0483 e. The van der Waals surface area contributed by atoms with Crippen molar-refractivity contribution in [2.24, 2.45) is 29.1 Å². The molecule has 2 rings (SSSR count). The first-order valence-corrected chi connectivity index (χ1v) is 7.32. The average molecular weight is 240 g/mol. The van der Waals surface area contributed by atoms with Crippen LogP contribution in [-0.4, -0.2) is 23.4 Å². The van der Waals surface area contributed by atoms with E-state index in [4.69, 9.17) is 0 Å². The Labute approximate surface area is 105 Å². The Hall–Kier alpha value is -0.0800. The van der Waals surface area contributed by atoms with Crippen molar-refractivity contribution in [3.8, 4) is 0 Å². The molecule has 0 bridgehead atoms. The van der Waals surface area contributed by atoms with Gasteiger partial charge in [0.1, 0.15) is 0 Å². The fourth-order valence-electron chi connectivity index (χ4n) is 4.47. The summed E-state index contributed by atoms with van der Waals surface area (Å²) in [6.07, 6.45) is 7.87. The third-order valence-corrected chi connectivity index (χ3v) is 5.77. The molecule has 0 heterocycles. The zero-order valence-corrected chi connectivity index (χ0v) is 11.4. The van der Waals surface area contributed by atoms with Crippen LogP contribution in [0, 0.1) is 29.1 Å². The summed E-state index contributed by atoms with van der Waals surface area (Å²) >= 11 is 0. The Balaban J connectivity index is 2.05. The van der Waals surface area contributed by atoms with E-state index in [0.717, 1.165) is 11.8 Å². The molecule has 4 atom stereocenters. The molecule has 100 valence electrons. The normalized spacial score (nSPS) is 42.5. The third-order valence-electron chi connectivity index (χ3n) is 5.77. The van der Waals surface area contributed by atoms with Gasteiger partial charge in [0.25, 0.3) is 0 Å². The zero-order valence-electron chi connectivity index (χ0n) is 11.4. The molecule has 0 saturated heterocycles. The van der Waals surface area contributed by atoms with E-state index in [1.165, 1.54) is 38.5 Å². The van der Waals surface area contributed by atoms with Crippen molar-refractivity contribution in [2.45, 2.75) is 52.4 Å². The minimum atomic E-state index is 0.119. The summed E-state index contributed by atoms with van der Waals surface area (Å²) in [6.45, 7) is 5.17. The highest BCUT2D eigenvalue weighted by atomic mass is 16.3. The average Bonchev–Trinajstić information content (AvgIpc) is 2.32. The third kappa shape index (κ3) is 2.53. The van der Waals surface area contributed by atoms with Gasteiger partial charge in [-0.25, -0.2) is 0 Å². The lowest BCUT2D eigenvalue weighted by molar-refractivity contribution is -0.0286. The number of aliphatic hydroxyl groups excluding tert-OH is 2. The molecule has 2 nitrogen and oxygen atoms in total. The molecule has 0 amide bonds. The van der Waals surface area contributed by atoms with Crippen LogP contribution in [0.15, 0.2) is 0 Å². The monoisotopic (exact) mass is 240 g/mol. The molecule has 2 fully saturated rings. The van der Waals surface area contributed by atoms with Gasteiger partial charge in [-0.15, -0.1) is 0 Å². The van der Waals surface area contributed by atoms with Crippen molar-refractivity contribution >= 4 is 0 Å². The van der Waals surface area contributed by atoms with E-state index in [1.54, 1.807) is 0 Å². The Morgan fingerprint density at radius 3 is 2.53 bits per heavy atom. The SMILES string of the molecule is C[C@@H]1CCC[C@]2(C)CC[C@@H](C(CO)CO)C[C@@H]12. The Bertz CT molecular complexity index is 249. The molecular weight excluding hydrogens is 212 g/mol. The summed E-state index contributed by atoms with van der Waals surface area (Å²) < 4.78 is 0. The first kappa shape index (κ1) is 13.4. The second kappa shape index (κ2) is 5.27. The molecule has 0 aromatic heterocycles. The van der Waals surface area contributed by atoms with Gasteiger partial charge < -0.3 is 10.2 Å². The first-order chi connectivity index (χ1) is 8.10. The van der Waals surface area contributed by atoms with Crippen LogP contribution in [0.2, 0.25) is 0 Å². The Morgan fingerprint density at radius 1 is 1.18 bits per heavy atom. The number of hydrogen-bond acceptors (Lipinski definition) is 2. The quantitative estimate of drug-likeness (QED) is 0.796. The lowest BCUT2D eigenvalue weighted by Gasteiger charge is -2.51. The number of aliphatic hydroxyl groups is 2. The molecule has 2 heteroatoms. The minimum Gasteiger partial charge on any atom is -0.396 e. The predicted molar refractivity (Wildman–Crippen MR) is 69.6 cm³/mol. The van der Waals surface area contributed by atoms with Crippen LogP contribution in [0.25, 0.3) is 0 Å². The van der Waals surface area contributed by atoms with Crippen molar-refractivity contribution in [1.82, 2.24) is 0 Å². The molecule has 2 aliphatic rings. The fraction of sp³-hybridized carbons (Fsp3) is 1.00. The molecule has 0 aliphatic heterocycles. The lowest BCUT2D eigenvalue weighted by atomic mass is 9.54. The van der Waals surface area contributed by atoms with Gasteiger partial charge in [0.05, 0.1) is 0 Å². The molecule has 0 aromatic rings. The van der Waals surface area contributed by atoms with E-state index in [-0.39, 0.29) is 19.1 Å². The molecule has 0 radical (unpaired) electrons. The Morgan fingerprint density at radius 2 is 1.88 bits per heavy atom. The summed E-state index contributed by atoms with van der Waals surface area (Å²) in [6, 6.07) is 0. The van der Waals surface area contributed by atoms with E-state index in [1.807, 2.05) is 0 Å². The van der Waals surface area contributed by atoms with Crippen LogP contribution in [0.1, 0.15) is 52.4 Å². The maximum absolute atomic E-state index is 9.34. The van der Waals surface area contributed by atoms with Gasteiger partial charge in [-0.05, 0) is 48.9 Å². The minimum absolute atomic E-state index is 0.119. The molecule has 2 saturated carbocycles. The van der Waals surface area contributed by atoms with E-state index in [9.17, 15) is 10.2 Å². The van der Waals surface area contributed by atoms with Crippen LogP contribution >= 0.6 is 0 Å². The number of fused-ring (bicyclic) bond motifs is 1. The van der Waals surface area contributed by atoms with Crippen molar-refractivity contribution < 1.29 is 10.2 Å². The highest BCUT2D eigenvalue weighted by Crippen LogP contribution is 2.54. The molecule has 2 N–H and O–H groups in total. The maximum Gasteiger partial charge on any atom is 0.0483 e. The molecule has 0 spiro atoms. The van der Waals surface area contributed by atoms with E-state index >= 15 is 0 Å². The summed E-state index contributed by atoms with van der Waals surface area (Å²) in [5, 5.41) is 18.7. The summed E-state index contributed by atoms with van der Waals surface area (Å²) in [7, 11) is 0. The standard InChI is InChI=1S/C15H28O2/c1-11-4-3-6-15(2)7-5-12(8-14(11)15)13(9-16)10-17/h11-14,16-17H,3-10H2,1-2H3/t11-,12-,14+,15-/m1/s1. The van der Waals surface area contributed by atoms with Crippen molar-refractivity contribution in [1.29, 1.82) is 0 Å². The van der Waals surface area contributed by atoms with Crippen LogP contribution in [-0.2, 0) is 0 Å². The summed E-state index contributed by atoms with van der Waals surface area (Å²) in [5.74, 6) is 2.31. The van der Waals surface area contributed by atoms with Gasteiger partial charge in [-0.2, -0.15) is 0 Å². The summed E-state index contributed by atoms with van der Waals surface area (Å²) in [4.78, 5) is 0. The van der Waals surface area contributed by atoms with Gasteiger partial charge in [-0.3, -0.25) is 0 Å². The molecule has 2 aliphatic carbocycles. The van der Waals surface area contributed by atoms with Crippen molar-refractivity contribution in [3.05, 3.63) is 0 Å². The second-order valence-electron chi connectivity index (χ2n) is 6.79. The summed E-state index contributed by atoms with van der Waals surface area (Å²) in [5.41, 5.74) is 0.545. The van der Waals surface area contributed by atoms with Crippen LogP contribution in [0.4, 0.5) is 0 Å². The number of hydrogen-bond donors (Lipinski definition) is 2. The maximum atomic E-state index is 9.34. The van der Waals surface area contributed by atoms with Crippen LogP contribution in [0.3, 0.4) is 0 Å². The van der Waals surface area contributed by atoms with Crippen molar-refractivity contribution in [2.75, 3.05) is 13.2 Å². The van der Waals surface area contributed by atoms with Gasteiger partial charge in [0.2, 0.25) is 0 Å². The molecule has 0 aromatic carbocycles. The number of rotatable bonds is 3. The van der Waals surface area contributed by atoms with Gasteiger partial charge in [0.15, 0.2) is 0 Å².